The van der Waals surface area contributed by atoms with Gasteiger partial charge >= 0.3 is 11.9 Å². The van der Waals surface area contributed by atoms with Crippen LogP contribution in [0.25, 0.3) is 0 Å². The fourth-order valence-electron chi connectivity index (χ4n) is 6.90. The number of ether oxygens (including phenoxy) is 3. The molecule has 364 valence electrons. The number of allylic oxidation sites excluding steroid dienone is 18. The van der Waals surface area contributed by atoms with E-state index in [0.717, 1.165) is 128 Å². The SMILES string of the molecule is CC/C=C\C/C=C\C/C=C\C/C=C\CCCCCCC(=O)OCC(COCCCCCC/C=C\C/C=C\C/C=C\CC)OC(=O)CCCCCCCCC/C=C\C/C=C\CCCCC. The molecule has 0 N–H and O–H groups in total. The van der Waals surface area contributed by atoms with Crippen LogP contribution in [0.2, 0.25) is 0 Å². The fourth-order valence-corrected chi connectivity index (χ4v) is 6.90. The van der Waals surface area contributed by atoms with Gasteiger partial charge in [-0.05, 0) is 122 Å². The van der Waals surface area contributed by atoms with Crippen LogP contribution in [0.1, 0.15) is 226 Å². The summed E-state index contributed by atoms with van der Waals surface area (Å²) >= 11 is 0. The van der Waals surface area contributed by atoms with Crippen LogP contribution >= 0.6 is 0 Å². The maximum Gasteiger partial charge on any atom is 0.306 e. The Hall–Kier alpha value is -3.44. The van der Waals surface area contributed by atoms with E-state index in [-0.39, 0.29) is 25.2 Å². The molecular formula is C59H98O5. The topological polar surface area (TPSA) is 61.8 Å². The Morgan fingerprint density at radius 3 is 1.12 bits per heavy atom. The number of carbonyl (C=O) groups excluding carboxylic acids is 2. The predicted molar refractivity (Wildman–Crippen MR) is 279 cm³/mol. The van der Waals surface area contributed by atoms with E-state index in [4.69, 9.17) is 14.2 Å². The van der Waals surface area contributed by atoms with Gasteiger partial charge < -0.3 is 14.2 Å². The molecule has 0 saturated carbocycles. The zero-order valence-corrected chi connectivity index (χ0v) is 41.8. The molecule has 0 amide bonds. The van der Waals surface area contributed by atoms with Crippen molar-refractivity contribution in [1.29, 1.82) is 0 Å². The molecular weight excluding hydrogens is 789 g/mol. The summed E-state index contributed by atoms with van der Waals surface area (Å²) in [5.41, 5.74) is 0. The summed E-state index contributed by atoms with van der Waals surface area (Å²) < 4.78 is 17.4. The maximum atomic E-state index is 12.8. The van der Waals surface area contributed by atoms with E-state index >= 15 is 0 Å². The number of esters is 2. The lowest BCUT2D eigenvalue weighted by Crippen LogP contribution is -2.30. The summed E-state index contributed by atoms with van der Waals surface area (Å²) in [5, 5.41) is 0. The molecule has 0 bridgehead atoms. The van der Waals surface area contributed by atoms with Crippen molar-refractivity contribution in [3.8, 4) is 0 Å². The molecule has 64 heavy (non-hydrogen) atoms. The normalized spacial score (nSPS) is 13.1. The highest BCUT2D eigenvalue weighted by atomic mass is 16.6. The standard InChI is InChI=1S/C59H98O5/c1-4-7-10-13-16-19-22-25-28-30-32-34-37-40-43-46-49-52-58(60)63-56-57(55-62-54-51-48-45-42-39-36-27-24-21-18-15-12-9-6-3)64-59(61)53-50-47-44-41-38-35-33-31-29-26-23-20-17-14-11-8-5-2/h7,9-10,12,16-21,25-29,32,34,36,57H,4-6,8,11,13-15,22-24,30-31,33,35,37-56H2,1-3H3/b10-7-,12-9-,19-16-,20-17-,21-18-,28-25-,29-26-,34-32-,36-27-. The molecule has 0 rings (SSSR count). The Bertz CT molecular complexity index is 1280. The molecule has 0 aromatic heterocycles. The summed E-state index contributed by atoms with van der Waals surface area (Å²) in [6.45, 7) is 7.49. The third kappa shape index (κ3) is 51.2. The van der Waals surface area contributed by atoms with Gasteiger partial charge in [0.25, 0.3) is 0 Å². The van der Waals surface area contributed by atoms with Crippen LogP contribution in [0.15, 0.2) is 109 Å². The summed E-state index contributed by atoms with van der Waals surface area (Å²) in [7, 11) is 0. The van der Waals surface area contributed by atoms with Crippen molar-refractivity contribution in [2.24, 2.45) is 0 Å². The third-order valence-corrected chi connectivity index (χ3v) is 10.8. The highest BCUT2D eigenvalue weighted by Crippen LogP contribution is 2.13. The second kappa shape index (κ2) is 53.9. The highest BCUT2D eigenvalue weighted by Gasteiger charge is 2.17. The number of rotatable bonds is 47. The smallest absolute Gasteiger partial charge is 0.306 e. The Labute approximate surface area is 395 Å². The van der Waals surface area contributed by atoms with Gasteiger partial charge in [0.05, 0.1) is 6.61 Å². The Morgan fingerprint density at radius 1 is 0.359 bits per heavy atom. The number of carbonyl (C=O) groups is 2. The Balaban J connectivity index is 4.38. The zero-order chi connectivity index (χ0) is 46.3. The van der Waals surface area contributed by atoms with Crippen molar-refractivity contribution in [2.45, 2.75) is 232 Å². The lowest BCUT2D eigenvalue weighted by molar-refractivity contribution is -0.163. The van der Waals surface area contributed by atoms with Crippen LogP contribution in [0.5, 0.6) is 0 Å². The molecule has 0 heterocycles. The van der Waals surface area contributed by atoms with Crippen molar-refractivity contribution in [3.63, 3.8) is 0 Å². The first-order valence-electron chi connectivity index (χ1n) is 26.4. The molecule has 5 nitrogen and oxygen atoms in total. The van der Waals surface area contributed by atoms with E-state index < -0.39 is 6.10 Å². The van der Waals surface area contributed by atoms with Gasteiger partial charge in [0, 0.05) is 19.4 Å². The molecule has 5 heteroatoms. The lowest BCUT2D eigenvalue weighted by Gasteiger charge is -2.18. The average molecular weight is 887 g/mol. The van der Waals surface area contributed by atoms with Crippen molar-refractivity contribution in [1.82, 2.24) is 0 Å². The van der Waals surface area contributed by atoms with Gasteiger partial charge in [-0.25, -0.2) is 0 Å². The summed E-state index contributed by atoms with van der Waals surface area (Å²) in [6.07, 6.45) is 73.8. The van der Waals surface area contributed by atoms with Crippen molar-refractivity contribution >= 4 is 11.9 Å². The quantitative estimate of drug-likeness (QED) is 0.0346. The second-order valence-electron chi connectivity index (χ2n) is 17.0. The number of unbranched alkanes of at least 4 members (excludes halogenated alkanes) is 18. The van der Waals surface area contributed by atoms with Gasteiger partial charge in [-0.1, -0.05) is 201 Å². The lowest BCUT2D eigenvalue weighted by atomic mass is 10.1. The summed E-state index contributed by atoms with van der Waals surface area (Å²) in [4.78, 5) is 25.4. The molecule has 0 aliphatic carbocycles. The summed E-state index contributed by atoms with van der Waals surface area (Å²) in [5.74, 6) is -0.451. The van der Waals surface area contributed by atoms with Gasteiger partial charge in [0.2, 0.25) is 0 Å². The van der Waals surface area contributed by atoms with Crippen molar-refractivity contribution in [3.05, 3.63) is 109 Å². The first-order chi connectivity index (χ1) is 31.6. The van der Waals surface area contributed by atoms with Gasteiger partial charge in [-0.2, -0.15) is 0 Å². The minimum atomic E-state index is -0.569. The van der Waals surface area contributed by atoms with Gasteiger partial charge in [-0.3, -0.25) is 9.59 Å². The molecule has 0 radical (unpaired) electrons. The molecule has 0 aromatic carbocycles. The van der Waals surface area contributed by atoms with E-state index in [1.165, 1.54) is 64.2 Å². The monoisotopic (exact) mass is 887 g/mol. The van der Waals surface area contributed by atoms with Crippen LogP contribution in [0, 0.1) is 0 Å². The highest BCUT2D eigenvalue weighted by molar-refractivity contribution is 5.70. The molecule has 0 aliphatic rings. The molecule has 0 aromatic rings. The molecule has 1 unspecified atom stereocenters. The molecule has 0 saturated heterocycles. The predicted octanol–water partition coefficient (Wildman–Crippen LogP) is 18.0. The molecule has 0 spiro atoms. The minimum absolute atomic E-state index is 0.0539. The van der Waals surface area contributed by atoms with Crippen molar-refractivity contribution < 1.29 is 23.8 Å². The van der Waals surface area contributed by atoms with Crippen LogP contribution in [0.3, 0.4) is 0 Å². The third-order valence-electron chi connectivity index (χ3n) is 10.8. The molecule has 0 aliphatic heterocycles. The maximum absolute atomic E-state index is 12.8. The van der Waals surface area contributed by atoms with Crippen LogP contribution in [-0.4, -0.2) is 37.9 Å². The van der Waals surface area contributed by atoms with E-state index in [1.54, 1.807) is 0 Å². The second-order valence-corrected chi connectivity index (χ2v) is 17.0. The van der Waals surface area contributed by atoms with Crippen molar-refractivity contribution in [2.75, 3.05) is 19.8 Å². The Morgan fingerprint density at radius 2 is 0.703 bits per heavy atom. The van der Waals surface area contributed by atoms with Gasteiger partial charge in [-0.15, -0.1) is 0 Å². The summed E-state index contributed by atoms with van der Waals surface area (Å²) in [6, 6.07) is 0. The number of hydrogen-bond acceptors (Lipinski definition) is 5. The minimum Gasteiger partial charge on any atom is -0.462 e. The van der Waals surface area contributed by atoms with Crippen LogP contribution < -0.4 is 0 Å². The van der Waals surface area contributed by atoms with E-state index in [0.29, 0.717) is 19.4 Å². The average Bonchev–Trinajstić information content (AvgIpc) is 3.30. The first kappa shape index (κ1) is 60.6. The number of hydrogen-bond donors (Lipinski definition) is 0. The zero-order valence-electron chi connectivity index (χ0n) is 41.8. The van der Waals surface area contributed by atoms with Crippen LogP contribution in [-0.2, 0) is 23.8 Å². The first-order valence-corrected chi connectivity index (χ1v) is 26.4. The van der Waals surface area contributed by atoms with Crippen LogP contribution in [0.4, 0.5) is 0 Å². The van der Waals surface area contributed by atoms with E-state index in [1.807, 2.05) is 0 Å². The molecule has 1 atom stereocenters. The Kier molecular flexibility index (Phi) is 51.0. The fraction of sp³-hybridized carbons (Fsp3) is 0.661. The van der Waals surface area contributed by atoms with E-state index in [9.17, 15) is 9.59 Å². The van der Waals surface area contributed by atoms with Gasteiger partial charge in [0.15, 0.2) is 6.10 Å². The van der Waals surface area contributed by atoms with E-state index in [2.05, 4.69) is 130 Å². The largest absolute Gasteiger partial charge is 0.462 e. The molecule has 0 fully saturated rings. The van der Waals surface area contributed by atoms with Gasteiger partial charge in [0.1, 0.15) is 6.61 Å².